The Bertz CT molecular complexity index is 731. The lowest BCUT2D eigenvalue weighted by molar-refractivity contribution is -0.118. The number of anilines is 2. The fourth-order valence-corrected chi connectivity index (χ4v) is 2.35. The summed E-state index contributed by atoms with van der Waals surface area (Å²) in [5.41, 5.74) is 7.97. The Kier molecular flexibility index (Phi) is 3.47. The molecule has 0 spiro atoms. The molecule has 108 valence electrons. The molecule has 3 rings (SSSR count). The summed E-state index contributed by atoms with van der Waals surface area (Å²) >= 11 is 3.41. The van der Waals surface area contributed by atoms with Gasteiger partial charge in [0, 0.05) is 16.6 Å². The number of nitrogens with two attached hydrogens (primary N) is 1. The Morgan fingerprint density at radius 2 is 2.10 bits per heavy atom. The zero-order chi connectivity index (χ0) is 15.0. The van der Waals surface area contributed by atoms with Crippen molar-refractivity contribution in [2.45, 2.75) is 6.92 Å². The maximum atomic E-state index is 11.4. The molecule has 21 heavy (non-hydrogen) atoms. The van der Waals surface area contributed by atoms with Gasteiger partial charge >= 0.3 is 0 Å². The number of carbonyl (C=O) groups is 1. The molecule has 0 aromatic heterocycles. The van der Waals surface area contributed by atoms with Crippen LogP contribution < -0.4 is 20.5 Å². The van der Waals surface area contributed by atoms with Gasteiger partial charge in [-0.2, -0.15) is 0 Å². The van der Waals surface area contributed by atoms with Crippen molar-refractivity contribution >= 4 is 33.2 Å². The van der Waals surface area contributed by atoms with Gasteiger partial charge in [0.05, 0.1) is 11.4 Å². The van der Waals surface area contributed by atoms with E-state index in [9.17, 15) is 4.79 Å². The van der Waals surface area contributed by atoms with E-state index in [1.165, 1.54) is 0 Å². The fourth-order valence-electron chi connectivity index (χ4n) is 2.01. The zero-order valence-electron chi connectivity index (χ0n) is 11.3. The number of fused-ring (bicyclic) bond motifs is 1. The minimum Gasteiger partial charge on any atom is -0.481 e. The number of amides is 1. The van der Waals surface area contributed by atoms with E-state index in [0.29, 0.717) is 28.6 Å². The number of benzene rings is 2. The molecule has 0 aliphatic carbocycles. The van der Waals surface area contributed by atoms with Crippen LogP contribution in [0, 0.1) is 6.92 Å². The van der Waals surface area contributed by atoms with Gasteiger partial charge in [-0.05, 0) is 24.6 Å². The second-order valence-electron chi connectivity index (χ2n) is 4.73. The van der Waals surface area contributed by atoms with Crippen LogP contribution in [0.15, 0.2) is 34.8 Å². The molecule has 0 saturated carbocycles. The minimum absolute atomic E-state index is 0.00260. The van der Waals surface area contributed by atoms with E-state index in [-0.39, 0.29) is 12.5 Å². The molecule has 0 bridgehead atoms. The van der Waals surface area contributed by atoms with Gasteiger partial charge in [-0.1, -0.05) is 22.0 Å². The van der Waals surface area contributed by atoms with Crippen LogP contribution in [0.25, 0.3) is 0 Å². The molecule has 1 aliphatic heterocycles. The predicted octanol–water partition coefficient (Wildman–Crippen LogP) is 3.46. The van der Waals surface area contributed by atoms with Crippen molar-refractivity contribution in [1.82, 2.24) is 0 Å². The van der Waals surface area contributed by atoms with Crippen LogP contribution in [0.2, 0.25) is 0 Å². The van der Waals surface area contributed by atoms with E-state index in [0.717, 1.165) is 10.0 Å². The molecule has 1 aliphatic rings. The highest BCUT2D eigenvalue weighted by Gasteiger charge is 2.19. The van der Waals surface area contributed by atoms with Crippen molar-refractivity contribution in [2.75, 3.05) is 17.7 Å². The summed E-state index contributed by atoms with van der Waals surface area (Å²) in [4.78, 5) is 11.4. The lowest BCUT2D eigenvalue weighted by Crippen LogP contribution is -2.25. The molecule has 6 heteroatoms. The lowest BCUT2D eigenvalue weighted by atomic mass is 10.2. The first-order chi connectivity index (χ1) is 10.0. The summed E-state index contributed by atoms with van der Waals surface area (Å²) in [6, 6.07) is 9.06. The highest BCUT2D eigenvalue weighted by atomic mass is 79.9. The first kappa shape index (κ1) is 13.8. The van der Waals surface area contributed by atoms with Crippen molar-refractivity contribution in [3.05, 3.63) is 40.4 Å². The SMILES string of the molecule is Cc1ccc(Br)cc1Oc1cc2c(cc1N)OCC(=O)N2. The van der Waals surface area contributed by atoms with Crippen molar-refractivity contribution in [2.24, 2.45) is 0 Å². The number of nitrogen functional groups attached to an aromatic ring is 1. The molecular formula is C15H13BrN2O3. The molecule has 3 N–H and O–H groups in total. The van der Waals surface area contributed by atoms with Gasteiger partial charge in [0.1, 0.15) is 11.5 Å². The molecule has 1 amide bonds. The van der Waals surface area contributed by atoms with Gasteiger partial charge in [-0.3, -0.25) is 4.79 Å². The van der Waals surface area contributed by atoms with Gasteiger partial charge < -0.3 is 20.5 Å². The molecule has 0 atom stereocenters. The Morgan fingerprint density at radius 1 is 1.29 bits per heavy atom. The van der Waals surface area contributed by atoms with E-state index < -0.39 is 0 Å². The maximum Gasteiger partial charge on any atom is 0.262 e. The Balaban J connectivity index is 1.97. The predicted molar refractivity (Wildman–Crippen MR) is 83.9 cm³/mol. The molecule has 0 fully saturated rings. The van der Waals surface area contributed by atoms with Crippen LogP contribution in [0.3, 0.4) is 0 Å². The second kappa shape index (κ2) is 5.29. The van der Waals surface area contributed by atoms with Crippen LogP contribution in [0.1, 0.15) is 5.56 Å². The summed E-state index contributed by atoms with van der Waals surface area (Å²) in [6.45, 7) is 1.94. The van der Waals surface area contributed by atoms with Crippen LogP contribution in [-0.2, 0) is 4.79 Å². The van der Waals surface area contributed by atoms with E-state index in [4.69, 9.17) is 15.2 Å². The number of ether oxygens (including phenoxy) is 2. The third-order valence-electron chi connectivity index (χ3n) is 3.11. The van der Waals surface area contributed by atoms with Crippen LogP contribution in [0.4, 0.5) is 11.4 Å². The Labute approximate surface area is 130 Å². The monoisotopic (exact) mass is 348 g/mol. The van der Waals surface area contributed by atoms with Gasteiger partial charge in [-0.25, -0.2) is 0 Å². The molecule has 5 nitrogen and oxygen atoms in total. The number of halogens is 1. The van der Waals surface area contributed by atoms with Crippen LogP contribution in [-0.4, -0.2) is 12.5 Å². The number of aryl methyl sites for hydroxylation is 1. The largest absolute Gasteiger partial charge is 0.481 e. The quantitative estimate of drug-likeness (QED) is 0.815. The average molecular weight is 349 g/mol. The van der Waals surface area contributed by atoms with Crippen LogP contribution in [0.5, 0.6) is 17.2 Å². The molecule has 0 saturated heterocycles. The highest BCUT2D eigenvalue weighted by molar-refractivity contribution is 9.10. The molecule has 2 aromatic rings. The molecule has 0 unspecified atom stereocenters. The van der Waals surface area contributed by atoms with Crippen molar-refractivity contribution in [1.29, 1.82) is 0 Å². The van der Waals surface area contributed by atoms with Gasteiger partial charge in [-0.15, -0.1) is 0 Å². The summed E-state index contributed by atoms with van der Waals surface area (Å²) in [5, 5.41) is 2.73. The van der Waals surface area contributed by atoms with Crippen molar-refractivity contribution < 1.29 is 14.3 Å². The third kappa shape index (κ3) is 2.80. The Morgan fingerprint density at radius 3 is 2.90 bits per heavy atom. The van der Waals surface area contributed by atoms with Gasteiger partial charge in [0.2, 0.25) is 0 Å². The minimum atomic E-state index is -0.197. The standard InChI is InChI=1S/C15H13BrN2O3/c1-8-2-3-9(16)4-12(8)21-13-6-11-14(5-10(13)17)20-7-15(19)18-11/h2-6H,7,17H2,1H3,(H,18,19). The number of nitrogens with one attached hydrogen (secondary N) is 1. The number of hydrogen-bond donors (Lipinski definition) is 2. The summed E-state index contributed by atoms with van der Waals surface area (Å²) < 4.78 is 12.1. The first-order valence-corrected chi connectivity index (χ1v) is 7.12. The van der Waals surface area contributed by atoms with E-state index in [2.05, 4.69) is 21.2 Å². The lowest BCUT2D eigenvalue weighted by Gasteiger charge is -2.20. The molecule has 0 radical (unpaired) electrons. The van der Waals surface area contributed by atoms with E-state index >= 15 is 0 Å². The molecular weight excluding hydrogens is 336 g/mol. The fraction of sp³-hybridized carbons (Fsp3) is 0.133. The number of rotatable bonds is 2. The van der Waals surface area contributed by atoms with E-state index in [1.807, 2.05) is 25.1 Å². The number of hydrogen-bond acceptors (Lipinski definition) is 4. The van der Waals surface area contributed by atoms with Crippen LogP contribution >= 0.6 is 15.9 Å². The van der Waals surface area contributed by atoms with Crippen molar-refractivity contribution in [3.63, 3.8) is 0 Å². The summed E-state index contributed by atoms with van der Waals surface area (Å²) in [7, 11) is 0. The second-order valence-corrected chi connectivity index (χ2v) is 5.65. The van der Waals surface area contributed by atoms with Crippen molar-refractivity contribution in [3.8, 4) is 17.2 Å². The zero-order valence-corrected chi connectivity index (χ0v) is 12.9. The maximum absolute atomic E-state index is 11.4. The summed E-state index contributed by atoms with van der Waals surface area (Å²) in [6.07, 6.45) is 0. The van der Waals surface area contributed by atoms with E-state index in [1.54, 1.807) is 12.1 Å². The highest BCUT2D eigenvalue weighted by Crippen LogP contribution is 2.39. The Hall–Kier alpha value is -2.21. The summed E-state index contributed by atoms with van der Waals surface area (Å²) in [5.74, 6) is 1.52. The number of carbonyl (C=O) groups excluding carboxylic acids is 1. The molecule has 2 aromatic carbocycles. The molecule has 1 heterocycles. The van der Waals surface area contributed by atoms with Gasteiger partial charge in [0.25, 0.3) is 5.91 Å². The van der Waals surface area contributed by atoms with Gasteiger partial charge in [0.15, 0.2) is 12.4 Å². The average Bonchev–Trinajstić information content (AvgIpc) is 2.44. The topological polar surface area (TPSA) is 73.6 Å². The first-order valence-electron chi connectivity index (χ1n) is 6.33. The smallest absolute Gasteiger partial charge is 0.262 e. The third-order valence-corrected chi connectivity index (χ3v) is 3.61. The normalized spacial score (nSPS) is 13.1.